The third-order valence-electron chi connectivity index (χ3n) is 6.70. The summed E-state index contributed by atoms with van der Waals surface area (Å²) in [6, 6.07) is 22.7. The minimum absolute atomic E-state index is 0.0266. The van der Waals surface area contributed by atoms with E-state index in [4.69, 9.17) is 5.73 Å². The zero-order chi connectivity index (χ0) is 28.9. The van der Waals surface area contributed by atoms with Crippen LogP contribution in [0.2, 0.25) is 0 Å². The minimum Gasteiger partial charge on any atom is -0.344 e. The average molecular weight is 542 g/mol. The number of hydrogen-bond acceptors (Lipinski definition) is 4. The van der Waals surface area contributed by atoms with Gasteiger partial charge < -0.3 is 26.6 Å². The molecule has 0 aliphatic carbocycles. The first-order valence-corrected chi connectivity index (χ1v) is 13.7. The summed E-state index contributed by atoms with van der Waals surface area (Å²) in [5, 5.41) is 8.71. The largest absolute Gasteiger partial charge is 0.344 e. The van der Waals surface area contributed by atoms with Crippen LogP contribution in [0.3, 0.4) is 0 Å². The number of para-hydroxylation sites is 2. The van der Waals surface area contributed by atoms with Crippen molar-refractivity contribution in [3.63, 3.8) is 0 Å². The molecule has 4 amide bonds. The maximum atomic E-state index is 13.8. The highest BCUT2D eigenvalue weighted by Crippen LogP contribution is 2.31. The predicted octanol–water partition coefficient (Wildman–Crippen LogP) is 4.98. The van der Waals surface area contributed by atoms with E-state index in [1.807, 2.05) is 86.6 Å². The summed E-state index contributed by atoms with van der Waals surface area (Å²) in [6.45, 7) is 7.77. The smallest absolute Gasteiger partial charge is 0.319 e. The Morgan fingerprint density at radius 2 is 1.68 bits per heavy atom. The number of nitrogens with zero attached hydrogens (tertiary/aromatic N) is 1. The molecule has 40 heavy (non-hydrogen) atoms. The minimum atomic E-state index is -0.658. The average Bonchev–Trinajstić information content (AvgIpc) is 3.00. The molecule has 0 fully saturated rings. The molecule has 0 saturated carbocycles. The molecular formula is C32H39N5O3. The number of aryl methyl sites for hydroxylation is 1. The monoisotopic (exact) mass is 541 g/mol. The van der Waals surface area contributed by atoms with Crippen molar-refractivity contribution in [3.05, 3.63) is 83.9 Å². The van der Waals surface area contributed by atoms with E-state index in [1.165, 1.54) is 0 Å². The van der Waals surface area contributed by atoms with Gasteiger partial charge >= 0.3 is 6.03 Å². The SMILES string of the molecule is CC(C)NC(=O)Nc1ccccc1-c1ccc(CN2C(=O)[C@H](NC(=O)CC(C)(C)N)CCc3ccccc32)cc1. The highest BCUT2D eigenvalue weighted by Gasteiger charge is 2.32. The molecule has 1 atom stereocenters. The first kappa shape index (κ1) is 28.8. The molecule has 0 spiro atoms. The van der Waals surface area contributed by atoms with Gasteiger partial charge in [-0.1, -0.05) is 60.7 Å². The molecular weight excluding hydrogens is 502 g/mol. The van der Waals surface area contributed by atoms with Crippen LogP contribution in [0.15, 0.2) is 72.8 Å². The van der Waals surface area contributed by atoms with E-state index in [0.717, 1.165) is 27.9 Å². The molecule has 0 unspecified atom stereocenters. The van der Waals surface area contributed by atoms with Gasteiger partial charge in [0.25, 0.3) is 0 Å². The molecule has 0 radical (unpaired) electrons. The maximum absolute atomic E-state index is 13.8. The van der Waals surface area contributed by atoms with E-state index >= 15 is 0 Å². The standard InChI is InChI=1S/C32H39N5O3/c1-21(2)34-31(40)36-26-11-7-6-10-25(26)23-15-13-22(14-16-23)20-37-28-12-8-5-9-24(28)17-18-27(30(37)39)35-29(38)19-32(3,4)33/h5-16,21,27H,17-20,33H2,1-4H3,(H,35,38)(H2,34,36,40)/t27-/m1/s1. The molecule has 8 heteroatoms. The summed E-state index contributed by atoms with van der Waals surface area (Å²) in [7, 11) is 0. The van der Waals surface area contributed by atoms with Crippen molar-refractivity contribution in [1.29, 1.82) is 0 Å². The van der Waals surface area contributed by atoms with Gasteiger partial charge in [-0.25, -0.2) is 4.79 Å². The Labute approximate surface area is 236 Å². The second-order valence-corrected chi connectivity index (χ2v) is 11.4. The lowest BCUT2D eigenvalue weighted by Crippen LogP contribution is -2.49. The Hall–Kier alpha value is -4.17. The fourth-order valence-corrected chi connectivity index (χ4v) is 4.91. The van der Waals surface area contributed by atoms with E-state index in [9.17, 15) is 14.4 Å². The van der Waals surface area contributed by atoms with E-state index in [1.54, 1.807) is 18.7 Å². The van der Waals surface area contributed by atoms with Crippen LogP contribution in [0.4, 0.5) is 16.2 Å². The molecule has 5 N–H and O–H groups in total. The van der Waals surface area contributed by atoms with Crippen molar-refractivity contribution in [1.82, 2.24) is 10.6 Å². The Bertz CT molecular complexity index is 1360. The zero-order valence-electron chi connectivity index (χ0n) is 23.7. The lowest BCUT2D eigenvalue weighted by molar-refractivity contribution is -0.128. The van der Waals surface area contributed by atoms with Gasteiger partial charge in [-0.2, -0.15) is 0 Å². The van der Waals surface area contributed by atoms with Gasteiger partial charge in [0.05, 0.1) is 12.2 Å². The quantitative estimate of drug-likeness (QED) is 0.322. The molecule has 1 heterocycles. The predicted molar refractivity (Wildman–Crippen MR) is 160 cm³/mol. The number of rotatable bonds is 8. The van der Waals surface area contributed by atoms with Crippen molar-refractivity contribution in [3.8, 4) is 11.1 Å². The first-order chi connectivity index (χ1) is 19.0. The third-order valence-corrected chi connectivity index (χ3v) is 6.70. The maximum Gasteiger partial charge on any atom is 0.319 e. The summed E-state index contributed by atoms with van der Waals surface area (Å²) in [5.74, 6) is -0.363. The van der Waals surface area contributed by atoms with Crippen molar-refractivity contribution in [2.45, 2.75) is 71.1 Å². The summed E-state index contributed by atoms with van der Waals surface area (Å²) in [4.78, 5) is 40.5. The van der Waals surface area contributed by atoms with Gasteiger partial charge in [0, 0.05) is 29.3 Å². The van der Waals surface area contributed by atoms with Crippen LogP contribution in [-0.2, 0) is 22.6 Å². The van der Waals surface area contributed by atoms with Crippen molar-refractivity contribution in [2.75, 3.05) is 10.2 Å². The van der Waals surface area contributed by atoms with Crippen LogP contribution in [0.25, 0.3) is 11.1 Å². The van der Waals surface area contributed by atoms with Gasteiger partial charge in [-0.15, -0.1) is 0 Å². The number of nitrogens with one attached hydrogen (secondary N) is 3. The van der Waals surface area contributed by atoms with Crippen LogP contribution in [0.1, 0.15) is 51.7 Å². The number of amides is 4. The first-order valence-electron chi connectivity index (χ1n) is 13.7. The highest BCUT2D eigenvalue weighted by molar-refractivity contribution is 6.00. The number of nitrogens with two attached hydrogens (primary N) is 1. The number of fused-ring (bicyclic) bond motifs is 1. The number of anilines is 2. The fourth-order valence-electron chi connectivity index (χ4n) is 4.91. The van der Waals surface area contributed by atoms with E-state index in [2.05, 4.69) is 16.0 Å². The summed E-state index contributed by atoms with van der Waals surface area (Å²) < 4.78 is 0. The lowest BCUT2D eigenvalue weighted by atomic mass is 10.0. The Balaban J connectivity index is 1.55. The molecule has 0 saturated heterocycles. The molecule has 0 aromatic heterocycles. The second-order valence-electron chi connectivity index (χ2n) is 11.4. The topological polar surface area (TPSA) is 117 Å². The number of urea groups is 1. The number of carbonyl (C=O) groups excluding carboxylic acids is 3. The number of carbonyl (C=O) groups is 3. The zero-order valence-corrected chi connectivity index (χ0v) is 23.7. The van der Waals surface area contributed by atoms with Gasteiger partial charge in [0.1, 0.15) is 6.04 Å². The normalized spacial score (nSPS) is 15.3. The molecule has 1 aliphatic rings. The third kappa shape index (κ3) is 7.48. The summed E-state index contributed by atoms with van der Waals surface area (Å²) in [6.07, 6.45) is 1.35. The van der Waals surface area contributed by atoms with Crippen LogP contribution in [-0.4, -0.2) is 35.5 Å². The fraction of sp³-hybridized carbons (Fsp3) is 0.344. The Morgan fingerprint density at radius 1 is 1.00 bits per heavy atom. The number of hydrogen-bond donors (Lipinski definition) is 4. The second kappa shape index (κ2) is 12.3. The Kier molecular flexibility index (Phi) is 8.90. The molecule has 0 bridgehead atoms. The van der Waals surface area contributed by atoms with Crippen LogP contribution in [0.5, 0.6) is 0 Å². The molecule has 210 valence electrons. The molecule has 3 aromatic rings. The molecule has 4 rings (SSSR count). The van der Waals surface area contributed by atoms with Gasteiger partial charge in [-0.05, 0) is 69.4 Å². The van der Waals surface area contributed by atoms with Crippen molar-refractivity contribution < 1.29 is 14.4 Å². The van der Waals surface area contributed by atoms with E-state index < -0.39 is 11.6 Å². The van der Waals surface area contributed by atoms with Gasteiger partial charge in [-0.3, -0.25) is 9.59 Å². The summed E-state index contributed by atoms with van der Waals surface area (Å²) in [5.41, 5.74) is 10.8. The van der Waals surface area contributed by atoms with Crippen molar-refractivity contribution in [2.24, 2.45) is 5.73 Å². The van der Waals surface area contributed by atoms with Gasteiger partial charge in [0.2, 0.25) is 11.8 Å². The van der Waals surface area contributed by atoms with E-state index in [0.29, 0.717) is 25.1 Å². The molecule has 3 aromatic carbocycles. The van der Waals surface area contributed by atoms with Crippen LogP contribution < -0.4 is 26.6 Å². The van der Waals surface area contributed by atoms with Crippen molar-refractivity contribution >= 4 is 29.2 Å². The van der Waals surface area contributed by atoms with Gasteiger partial charge in [0.15, 0.2) is 0 Å². The lowest BCUT2D eigenvalue weighted by Gasteiger charge is -2.27. The van der Waals surface area contributed by atoms with E-state index in [-0.39, 0.29) is 30.3 Å². The van der Waals surface area contributed by atoms with Crippen LogP contribution in [0, 0.1) is 0 Å². The van der Waals surface area contributed by atoms with Crippen LogP contribution >= 0.6 is 0 Å². The number of benzene rings is 3. The Morgan fingerprint density at radius 3 is 2.38 bits per heavy atom. The highest BCUT2D eigenvalue weighted by atomic mass is 16.2. The summed E-state index contributed by atoms with van der Waals surface area (Å²) >= 11 is 0. The molecule has 1 aliphatic heterocycles. The molecule has 8 nitrogen and oxygen atoms in total.